The van der Waals surface area contributed by atoms with Gasteiger partial charge in [0.2, 0.25) is 0 Å². The monoisotopic (exact) mass is 362 g/mol. The Bertz CT molecular complexity index is 1080. The van der Waals surface area contributed by atoms with E-state index in [0.29, 0.717) is 0 Å². The maximum Gasteiger partial charge on any atom is 0.162 e. The summed E-state index contributed by atoms with van der Waals surface area (Å²) in [5, 5.41) is 11.2. The van der Waals surface area contributed by atoms with Gasteiger partial charge in [0.15, 0.2) is 5.65 Å². The number of rotatable bonds is 4. The molecule has 0 bridgehead atoms. The summed E-state index contributed by atoms with van der Waals surface area (Å²) in [6.07, 6.45) is 6.87. The van der Waals surface area contributed by atoms with E-state index in [1.165, 1.54) is 23.4 Å². The Labute approximate surface area is 155 Å². The molecule has 6 nitrogen and oxygen atoms in total. The molecule has 0 aliphatic heterocycles. The van der Waals surface area contributed by atoms with E-state index in [1.54, 1.807) is 22.8 Å². The van der Waals surface area contributed by atoms with E-state index < -0.39 is 0 Å². The van der Waals surface area contributed by atoms with Crippen molar-refractivity contribution in [1.29, 1.82) is 0 Å². The van der Waals surface area contributed by atoms with E-state index in [9.17, 15) is 0 Å². The normalized spacial score (nSPS) is 13.4. The number of aromatic nitrogens is 6. The van der Waals surface area contributed by atoms with Crippen LogP contribution in [0.4, 0.5) is 0 Å². The lowest BCUT2D eigenvalue weighted by Crippen LogP contribution is -2.01. The minimum Gasteiger partial charge on any atom is -0.250 e. The topological polar surface area (TPSA) is 61.4 Å². The van der Waals surface area contributed by atoms with Gasteiger partial charge in [-0.3, -0.25) is 4.68 Å². The van der Waals surface area contributed by atoms with E-state index in [0.717, 1.165) is 40.3 Å². The highest BCUT2D eigenvalue weighted by Crippen LogP contribution is 2.32. The quantitative estimate of drug-likeness (QED) is 0.412. The van der Waals surface area contributed by atoms with E-state index in [1.807, 2.05) is 19.3 Å². The molecule has 130 valence electrons. The molecule has 0 spiro atoms. The predicted octanol–water partition coefficient (Wildman–Crippen LogP) is 3.33. The number of hydrogen-bond acceptors (Lipinski definition) is 5. The minimum absolute atomic E-state index is 0.809. The SMILES string of the molecule is Cn1ncc2c(SCc3nn(-c4ccccc4)c4c3CCC4)ncnc21. The number of benzene rings is 1. The summed E-state index contributed by atoms with van der Waals surface area (Å²) in [5.74, 6) is 0.809. The standard InChI is InChI=1S/C19H18N6S/c1-24-18-15(10-22-24)19(21-12-20-18)26-11-16-14-8-5-9-17(14)25(23-16)13-6-3-2-4-7-13/h2-4,6-7,10,12H,5,8-9,11H2,1H3. The molecule has 3 aromatic heterocycles. The highest BCUT2D eigenvalue weighted by Gasteiger charge is 2.23. The van der Waals surface area contributed by atoms with Gasteiger partial charge in [-0.05, 0) is 37.0 Å². The molecule has 0 saturated carbocycles. The Kier molecular flexibility index (Phi) is 3.74. The lowest BCUT2D eigenvalue weighted by atomic mass is 10.2. The molecule has 1 aromatic carbocycles. The number of hydrogen-bond donors (Lipinski definition) is 0. The summed E-state index contributed by atoms with van der Waals surface area (Å²) in [5.41, 5.74) is 5.95. The summed E-state index contributed by atoms with van der Waals surface area (Å²) < 4.78 is 3.90. The molecule has 1 aliphatic rings. The van der Waals surface area contributed by atoms with E-state index in [2.05, 4.69) is 44.0 Å². The molecule has 0 fully saturated rings. The van der Waals surface area contributed by atoms with Crippen LogP contribution in [0.2, 0.25) is 0 Å². The third-order valence-corrected chi connectivity index (χ3v) is 5.87. The van der Waals surface area contributed by atoms with Gasteiger partial charge in [0.25, 0.3) is 0 Å². The van der Waals surface area contributed by atoms with Crippen molar-refractivity contribution in [2.75, 3.05) is 0 Å². The minimum atomic E-state index is 0.809. The molecule has 4 aromatic rings. The van der Waals surface area contributed by atoms with Gasteiger partial charge in [0.1, 0.15) is 11.4 Å². The second kappa shape index (κ2) is 6.25. The first-order valence-corrected chi connectivity index (χ1v) is 9.70. The van der Waals surface area contributed by atoms with Crippen molar-refractivity contribution in [3.63, 3.8) is 0 Å². The van der Waals surface area contributed by atoms with Crippen LogP contribution in [0.5, 0.6) is 0 Å². The second-order valence-electron chi connectivity index (χ2n) is 6.45. The van der Waals surface area contributed by atoms with Crippen molar-refractivity contribution in [3.8, 4) is 5.69 Å². The van der Waals surface area contributed by atoms with Crippen molar-refractivity contribution in [1.82, 2.24) is 29.5 Å². The van der Waals surface area contributed by atoms with E-state index >= 15 is 0 Å². The first-order chi connectivity index (χ1) is 12.8. The van der Waals surface area contributed by atoms with Crippen molar-refractivity contribution in [2.45, 2.75) is 30.0 Å². The lowest BCUT2D eigenvalue weighted by molar-refractivity contribution is 0.771. The van der Waals surface area contributed by atoms with Gasteiger partial charge in [-0.15, -0.1) is 0 Å². The second-order valence-corrected chi connectivity index (χ2v) is 7.41. The maximum atomic E-state index is 4.93. The van der Waals surface area contributed by atoms with Gasteiger partial charge in [-0.2, -0.15) is 10.2 Å². The zero-order chi connectivity index (χ0) is 17.5. The average molecular weight is 362 g/mol. The van der Waals surface area contributed by atoms with Gasteiger partial charge in [0, 0.05) is 18.5 Å². The third-order valence-electron chi connectivity index (χ3n) is 4.85. The third kappa shape index (κ3) is 2.50. The largest absolute Gasteiger partial charge is 0.250 e. The molecular weight excluding hydrogens is 344 g/mol. The van der Waals surface area contributed by atoms with Gasteiger partial charge >= 0.3 is 0 Å². The number of thioether (sulfide) groups is 1. The predicted molar refractivity (Wildman–Crippen MR) is 101 cm³/mol. The summed E-state index contributed by atoms with van der Waals surface area (Å²) in [6, 6.07) is 10.4. The van der Waals surface area contributed by atoms with Crippen LogP contribution in [0, 0.1) is 0 Å². The number of aryl methyl sites for hydroxylation is 1. The van der Waals surface area contributed by atoms with Gasteiger partial charge < -0.3 is 0 Å². The van der Waals surface area contributed by atoms with E-state index in [-0.39, 0.29) is 0 Å². The molecule has 26 heavy (non-hydrogen) atoms. The molecular formula is C19H18N6S. The first kappa shape index (κ1) is 15.6. The van der Waals surface area contributed by atoms with Crippen LogP contribution in [0.15, 0.2) is 47.9 Å². The van der Waals surface area contributed by atoms with Crippen molar-refractivity contribution in [2.24, 2.45) is 7.05 Å². The summed E-state index contributed by atoms with van der Waals surface area (Å²) >= 11 is 1.71. The Morgan fingerprint density at radius 1 is 1.12 bits per heavy atom. The molecule has 0 saturated heterocycles. The Hall–Kier alpha value is -2.67. The fourth-order valence-corrected chi connectivity index (χ4v) is 4.53. The highest BCUT2D eigenvalue weighted by molar-refractivity contribution is 7.98. The van der Waals surface area contributed by atoms with Crippen LogP contribution in [0.25, 0.3) is 16.7 Å². The molecule has 0 atom stereocenters. The summed E-state index contributed by atoms with van der Waals surface area (Å²) in [4.78, 5) is 8.77. The first-order valence-electron chi connectivity index (χ1n) is 8.72. The maximum absolute atomic E-state index is 4.93. The van der Waals surface area contributed by atoms with Crippen LogP contribution < -0.4 is 0 Å². The Morgan fingerprint density at radius 3 is 2.88 bits per heavy atom. The molecule has 1 aliphatic carbocycles. The molecule has 5 rings (SSSR count). The molecule has 0 amide bonds. The smallest absolute Gasteiger partial charge is 0.162 e. The van der Waals surface area contributed by atoms with Crippen LogP contribution in [0.3, 0.4) is 0 Å². The van der Waals surface area contributed by atoms with Gasteiger partial charge in [0.05, 0.1) is 23.0 Å². The van der Waals surface area contributed by atoms with E-state index in [4.69, 9.17) is 5.10 Å². The van der Waals surface area contributed by atoms with Gasteiger partial charge in [-0.25, -0.2) is 14.6 Å². The Balaban J connectivity index is 1.48. The molecule has 0 N–H and O–H groups in total. The Morgan fingerprint density at radius 2 is 2.00 bits per heavy atom. The zero-order valence-corrected chi connectivity index (χ0v) is 15.3. The van der Waals surface area contributed by atoms with Crippen LogP contribution in [-0.2, 0) is 25.6 Å². The summed E-state index contributed by atoms with van der Waals surface area (Å²) in [7, 11) is 1.90. The van der Waals surface area contributed by atoms with Crippen molar-refractivity contribution < 1.29 is 0 Å². The highest BCUT2D eigenvalue weighted by atomic mass is 32.2. The number of nitrogens with zero attached hydrogens (tertiary/aromatic N) is 6. The van der Waals surface area contributed by atoms with Crippen molar-refractivity contribution >= 4 is 22.8 Å². The number of para-hydroxylation sites is 1. The zero-order valence-electron chi connectivity index (χ0n) is 14.5. The van der Waals surface area contributed by atoms with Crippen LogP contribution in [-0.4, -0.2) is 29.5 Å². The lowest BCUT2D eigenvalue weighted by Gasteiger charge is -2.04. The molecule has 3 heterocycles. The molecule has 7 heteroatoms. The fourth-order valence-electron chi connectivity index (χ4n) is 3.60. The number of fused-ring (bicyclic) bond motifs is 2. The van der Waals surface area contributed by atoms with Gasteiger partial charge in [-0.1, -0.05) is 30.0 Å². The van der Waals surface area contributed by atoms with Crippen molar-refractivity contribution in [3.05, 3.63) is 59.8 Å². The van der Waals surface area contributed by atoms with Crippen LogP contribution >= 0.6 is 11.8 Å². The average Bonchev–Trinajstić information content (AvgIpc) is 3.37. The summed E-state index contributed by atoms with van der Waals surface area (Å²) in [6.45, 7) is 0. The van der Waals surface area contributed by atoms with Crippen LogP contribution in [0.1, 0.15) is 23.4 Å². The molecule has 0 unspecified atom stereocenters. The molecule has 0 radical (unpaired) electrons. The fraction of sp³-hybridized carbons (Fsp3) is 0.263.